The lowest BCUT2D eigenvalue weighted by molar-refractivity contribution is -0.674. The molecule has 18 heavy (non-hydrogen) atoms. The Balaban J connectivity index is 2.16. The molecule has 0 aliphatic rings. The molecule has 0 saturated heterocycles. The van der Waals surface area contributed by atoms with Gasteiger partial charge in [-0.2, -0.15) is 4.57 Å². The van der Waals surface area contributed by atoms with Crippen molar-refractivity contribution < 1.29 is 4.57 Å². The highest BCUT2D eigenvalue weighted by Crippen LogP contribution is 2.15. The molecule has 94 valence electrons. The molecule has 2 rings (SSSR count). The van der Waals surface area contributed by atoms with E-state index < -0.39 is 0 Å². The van der Waals surface area contributed by atoms with E-state index in [0.29, 0.717) is 0 Å². The van der Waals surface area contributed by atoms with Gasteiger partial charge in [-0.15, -0.1) is 0 Å². The van der Waals surface area contributed by atoms with Gasteiger partial charge >= 0.3 is 0 Å². The molecule has 1 aromatic carbocycles. The molecule has 1 heterocycles. The van der Waals surface area contributed by atoms with Crippen LogP contribution in [0.2, 0.25) is 0 Å². The highest BCUT2D eigenvalue weighted by atomic mass is 32.1. The normalized spacial score (nSPS) is 11.1. The van der Waals surface area contributed by atoms with Crippen molar-refractivity contribution in [2.45, 2.75) is 6.92 Å². The predicted octanol–water partition coefficient (Wildman–Crippen LogP) is 3.12. The van der Waals surface area contributed by atoms with Crippen molar-refractivity contribution in [2.24, 2.45) is 7.05 Å². The molecule has 0 bridgehead atoms. The van der Waals surface area contributed by atoms with Crippen LogP contribution in [0.1, 0.15) is 16.3 Å². The molecule has 1 aromatic heterocycles. The first-order valence-corrected chi connectivity index (χ1v) is 6.85. The topological polar surface area (TPSA) is 7.12 Å². The summed E-state index contributed by atoms with van der Waals surface area (Å²) >= 11 is 1.77. The second-order valence-electron chi connectivity index (χ2n) is 4.59. The first kappa shape index (κ1) is 12.8. The molecule has 0 spiro atoms. The molecule has 0 radical (unpaired) electrons. The predicted molar refractivity (Wildman–Crippen MR) is 79.9 cm³/mol. The van der Waals surface area contributed by atoms with Crippen LogP contribution in [0.15, 0.2) is 29.6 Å². The second-order valence-corrected chi connectivity index (χ2v) is 5.48. The Labute approximate surface area is 113 Å². The van der Waals surface area contributed by atoms with Gasteiger partial charge in [0.15, 0.2) is 5.69 Å². The molecule has 0 aliphatic carbocycles. The van der Waals surface area contributed by atoms with Gasteiger partial charge in [-0.05, 0) is 23.8 Å². The third-order valence-corrected chi connectivity index (χ3v) is 4.15. The monoisotopic (exact) mass is 259 g/mol. The summed E-state index contributed by atoms with van der Waals surface area (Å²) in [7, 11) is 6.21. The lowest BCUT2D eigenvalue weighted by atomic mass is 10.2. The summed E-state index contributed by atoms with van der Waals surface area (Å²) in [5.41, 5.74) is 3.75. The minimum Gasteiger partial charge on any atom is -0.378 e. The fourth-order valence-electron chi connectivity index (χ4n) is 1.68. The summed E-state index contributed by atoms with van der Waals surface area (Å²) in [6, 6.07) is 8.57. The summed E-state index contributed by atoms with van der Waals surface area (Å²) in [6.45, 7) is 2.12. The Morgan fingerprint density at radius 1 is 1.11 bits per heavy atom. The standard InChI is InChI=1S/C15H19N2S/c1-12-11-18-15(17(12)4)10-7-13-5-8-14(9-6-13)16(2)3/h5-11H,1-4H3/q+1. The second kappa shape index (κ2) is 5.36. The maximum absolute atomic E-state index is 2.20. The molecule has 0 unspecified atom stereocenters. The fraction of sp³-hybridized carbons (Fsp3) is 0.267. The van der Waals surface area contributed by atoms with Crippen LogP contribution in [-0.4, -0.2) is 14.1 Å². The minimum atomic E-state index is 1.23. The summed E-state index contributed by atoms with van der Waals surface area (Å²) < 4.78 is 2.20. The van der Waals surface area contributed by atoms with E-state index >= 15 is 0 Å². The minimum absolute atomic E-state index is 1.23. The zero-order valence-corrected chi connectivity index (χ0v) is 12.2. The van der Waals surface area contributed by atoms with Gasteiger partial charge in [0.05, 0.1) is 5.38 Å². The number of anilines is 1. The largest absolute Gasteiger partial charge is 0.378 e. The van der Waals surface area contributed by atoms with Crippen molar-refractivity contribution in [2.75, 3.05) is 19.0 Å². The maximum atomic E-state index is 2.20. The molecular formula is C15H19N2S+. The SMILES string of the molecule is Cc1csc(C=Cc2ccc(N(C)C)cc2)[n+]1C. The average Bonchev–Trinajstić information content (AvgIpc) is 2.68. The first-order chi connectivity index (χ1) is 8.58. The molecular weight excluding hydrogens is 240 g/mol. The summed E-state index contributed by atoms with van der Waals surface area (Å²) in [5, 5.41) is 3.44. The number of benzene rings is 1. The van der Waals surface area contributed by atoms with Gasteiger partial charge < -0.3 is 4.90 Å². The van der Waals surface area contributed by atoms with Crippen LogP contribution in [0.25, 0.3) is 12.2 Å². The van der Waals surface area contributed by atoms with Crippen molar-refractivity contribution in [3.8, 4) is 0 Å². The number of rotatable bonds is 3. The molecule has 2 aromatic rings. The molecule has 3 heteroatoms. The maximum Gasteiger partial charge on any atom is 0.261 e. The van der Waals surface area contributed by atoms with E-state index in [2.05, 4.69) is 79.3 Å². The van der Waals surface area contributed by atoms with Gasteiger partial charge in [0.2, 0.25) is 0 Å². The molecule has 2 nitrogen and oxygen atoms in total. The van der Waals surface area contributed by atoms with Crippen LogP contribution in [0.4, 0.5) is 5.69 Å². The van der Waals surface area contributed by atoms with Crippen LogP contribution in [-0.2, 0) is 7.05 Å². The average molecular weight is 259 g/mol. The van der Waals surface area contributed by atoms with E-state index in [1.165, 1.54) is 22.0 Å². The fourth-order valence-corrected chi connectivity index (χ4v) is 2.58. The van der Waals surface area contributed by atoms with E-state index in [9.17, 15) is 0 Å². The lowest BCUT2D eigenvalue weighted by Gasteiger charge is -2.11. The number of aryl methyl sites for hydroxylation is 1. The van der Waals surface area contributed by atoms with Gasteiger partial charge in [-0.3, -0.25) is 0 Å². The number of aromatic nitrogens is 1. The van der Waals surface area contributed by atoms with Crippen molar-refractivity contribution >= 4 is 29.2 Å². The lowest BCUT2D eigenvalue weighted by Crippen LogP contribution is -2.31. The van der Waals surface area contributed by atoms with Gasteiger partial charge in [0.25, 0.3) is 5.01 Å². The Bertz CT molecular complexity index is 550. The van der Waals surface area contributed by atoms with Crippen molar-refractivity contribution in [3.63, 3.8) is 0 Å². The van der Waals surface area contributed by atoms with Crippen LogP contribution < -0.4 is 9.47 Å². The van der Waals surface area contributed by atoms with Crippen molar-refractivity contribution in [1.82, 2.24) is 0 Å². The van der Waals surface area contributed by atoms with E-state index in [-0.39, 0.29) is 0 Å². The van der Waals surface area contributed by atoms with Crippen LogP contribution in [0, 0.1) is 6.92 Å². The molecule has 0 fully saturated rings. The number of hydrogen-bond acceptors (Lipinski definition) is 2. The third kappa shape index (κ3) is 2.79. The molecule has 0 saturated carbocycles. The summed E-state index contributed by atoms with van der Waals surface area (Å²) in [6.07, 6.45) is 4.33. The van der Waals surface area contributed by atoms with Crippen LogP contribution in [0.3, 0.4) is 0 Å². The van der Waals surface area contributed by atoms with Crippen LogP contribution >= 0.6 is 11.3 Å². The Morgan fingerprint density at radius 2 is 1.78 bits per heavy atom. The van der Waals surface area contributed by atoms with E-state index in [4.69, 9.17) is 0 Å². The zero-order chi connectivity index (χ0) is 13.1. The zero-order valence-electron chi connectivity index (χ0n) is 11.3. The van der Waals surface area contributed by atoms with E-state index in [0.717, 1.165) is 0 Å². The van der Waals surface area contributed by atoms with Gasteiger partial charge in [-0.1, -0.05) is 23.5 Å². The Kier molecular flexibility index (Phi) is 3.82. The van der Waals surface area contributed by atoms with E-state index in [1.807, 2.05) is 0 Å². The summed E-state index contributed by atoms with van der Waals surface area (Å²) in [5.74, 6) is 0. The highest BCUT2D eigenvalue weighted by molar-refractivity contribution is 7.10. The highest BCUT2D eigenvalue weighted by Gasteiger charge is 2.08. The van der Waals surface area contributed by atoms with Crippen LogP contribution in [0.5, 0.6) is 0 Å². The number of hydrogen-bond donors (Lipinski definition) is 0. The molecule has 0 amide bonds. The Hall–Kier alpha value is -1.61. The molecule has 0 N–H and O–H groups in total. The van der Waals surface area contributed by atoms with Gasteiger partial charge in [0, 0.05) is 32.8 Å². The Morgan fingerprint density at radius 3 is 2.28 bits per heavy atom. The van der Waals surface area contributed by atoms with Crippen molar-refractivity contribution in [3.05, 3.63) is 45.9 Å². The molecule has 0 aliphatic heterocycles. The molecule has 0 atom stereocenters. The van der Waals surface area contributed by atoms with Crippen molar-refractivity contribution in [1.29, 1.82) is 0 Å². The van der Waals surface area contributed by atoms with Gasteiger partial charge in [0.1, 0.15) is 7.05 Å². The van der Waals surface area contributed by atoms with Gasteiger partial charge in [-0.25, -0.2) is 0 Å². The van der Waals surface area contributed by atoms with E-state index in [1.54, 1.807) is 11.3 Å². The summed E-state index contributed by atoms with van der Waals surface area (Å²) in [4.78, 5) is 2.11. The smallest absolute Gasteiger partial charge is 0.261 e. The quantitative estimate of drug-likeness (QED) is 0.768. The first-order valence-electron chi connectivity index (χ1n) is 5.97. The number of thiazole rings is 1. The number of nitrogens with zero attached hydrogens (tertiary/aromatic N) is 2. The third-order valence-electron chi connectivity index (χ3n) is 3.04.